The first-order chi connectivity index (χ1) is 8.59. The van der Waals surface area contributed by atoms with Gasteiger partial charge < -0.3 is 10.4 Å². The molecule has 0 spiro atoms. The minimum absolute atomic E-state index is 0.0486. The standard InChI is InChI=1S/C13H17NO3S/c1-8(11-6-3-7-18-11)14-12(15)9-4-2-5-10(9)13(16)17/h3,6-10H,2,4-5H2,1H3,(H,14,15)(H,16,17)/t8-,9?,10?/m0/s1. The second-order valence-electron chi connectivity index (χ2n) is 4.73. The Morgan fingerprint density at radius 1 is 1.44 bits per heavy atom. The average molecular weight is 267 g/mol. The molecule has 1 saturated carbocycles. The minimum Gasteiger partial charge on any atom is -0.481 e. The maximum absolute atomic E-state index is 12.1. The molecule has 0 bridgehead atoms. The van der Waals surface area contributed by atoms with Crippen molar-refractivity contribution in [3.63, 3.8) is 0 Å². The van der Waals surface area contributed by atoms with E-state index in [4.69, 9.17) is 5.11 Å². The number of aliphatic carboxylic acids is 1. The molecule has 98 valence electrons. The Kier molecular flexibility index (Phi) is 4.01. The van der Waals surface area contributed by atoms with Crippen LogP contribution in [-0.4, -0.2) is 17.0 Å². The fraction of sp³-hybridized carbons (Fsp3) is 0.538. The van der Waals surface area contributed by atoms with Gasteiger partial charge in [-0.2, -0.15) is 0 Å². The zero-order chi connectivity index (χ0) is 13.1. The van der Waals surface area contributed by atoms with Gasteiger partial charge in [-0.3, -0.25) is 9.59 Å². The summed E-state index contributed by atoms with van der Waals surface area (Å²) < 4.78 is 0. The van der Waals surface area contributed by atoms with Crippen LogP contribution in [0.2, 0.25) is 0 Å². The minimum atomic E-state index is -0.851. The number of hydrogen-bond donors (Lipinski definition) is 2. The lowest BCUT2D eigenvalue weighted by atomic mass is 9.95. The second kappa shape index (κ2) is 5.52. The van der Waals surface area contributed by atoms with Gasteiger partial charge in [0, 0.05) is 4.88 Å². The van der Waals surface area contributed by atoms with Crippen LogP contribution < -0.4 is 5.32 Å². The summed E-state index contributed by atoms with van der Waals surface area (Å²) in [7, 11) is 0. The van der Waals surface area contributed by atoms with Crippen molar-refractivity contribution >= 4 is 23.2 Å². The summed E-state index contributed by atoms with van der Waals surface area (Å²) in [5, 5.41) is 14.0. The highest BCUT2D eigenvalue weighted by Gasteiger charge is 2.38. The number of carboxylic acids is 1. The van der Waals surface area contributed by atoms with Crippen molar-refractivity contribution < 1.29 is 14.7 Å². The van der Waals surface area contributed by atoms with E-state index < -0.39 is 11.9 Å². The van der Waals surface area contributed by atoms with Gasteiger partial charge in [0.15, 0.2) is 0 Å². The lowest BCUT2D eigenvalue weighted by Crippen LogP contribution is -2.36. The summed E-state index contributed by atoms with van der Waals surface area (Å²) in [5.74, 6) is -1.86. The zero-order valence-corrected chi connectivity index (χ0v) is 11.1. The van der Waals surface area contributed by atoms with Gasteiger partial charge in [-0.1, -0.05) is 12.5 Å². The fourth-order valence-corrected chi connectivity index (χ4v) is 3.23. The van der Waals surface area contributed by atoms with Gasteiger partial charge in [0.05, 0.1) is 17.9 Å². The highest BCUT2D eigenvalue weighted by atomic mass is 32.1. The molecule has 1 aromatic heterocycles. The van der Waals surface area contributed by atoms with E-state index in [1.165, 1.54) is 0 Å². The molecule has 18 heavy (non-hydrogen) atoms. The van der Waals surface area contributed by atoms with E-state index in [2.05, 4.69) is 5.32 Å². The van der Waals surface area contributed by atoms with Gasteiger partial charge in [0.2, 0.25) is 5.91 Å². The van der Waals surface area contributed by atoms with Crippen LogP contribution in [0.25, 0.3) is 0 Å². The first kappa shape index (κ1) is 13.1. The summed E-state index contributed by atoms with van der Waals surface area (Å²) in [6.07, 6.45) is 2.11. The van der Waals surface area contributed by atoms with Gasteiger partial charge in [-0.05, 0) is 31.2 Å². The van der Waals surface area contributed by atoms with Gasteiger partial charge >= 0.3 is 5.97 Å². The van der Waals surface area contributed by atoms with E-state index in [1.54, 1.807) is 11.3 Å². The number of carboxylic acid groups (broad SMARTS) is 1. The maximum atomic E-state index is 12.1. The predicted molar refractivity (Wildman–Crippen MR) is 69.3 cm³/mol. The molecule has 0 radical (unpaired) electrons. The van der Waals surface area contributed by atoms with Crippen LogP contribution in [-0.2, 0) is 9.59 Å². The van der Waals surface area contributed by atoms with E-state index >= 15 is 0 Å². The molecule has 1 aromatic rings. The van der Waals surface area contributed by atoms with E-state index in [1.807, 2.05) is 24.4 Å². The van der Waals surface area contributed by atoms with Gasteiger partial charge in [-0.15, -0.1) is 11.3 Å². The zero-order valence-electron chi connectivity index (χ0n) is 10.3. The Bertz CT molecular complexity index is 429. The first-order valence-corrected chi connectivity index (χ1v) is 7.04. The molecule has 4 nitrogen and oxygen atoms in total. The summed E-state index contributed by atoms with van der Waals surface area (Å²) in [5.41, 5.74) is 0. The quantitative estimate of drug-likeness (QED) is 0.880. The van der Waals surface area contributed by atoms with Crippen LogP contribution in [0.1, 0.15) is 37.1 Å². The third-order valence-electron chi connectivity index (χ3n) is 3.50. The second-order valence-corrected chi connectivity index (χ2v) is 5.71. The first-order valence-electron chi connectivity index (χ1n) is 6.16. The molecule has 3 atom stereocenters. The van der Waals surface area contributed by atoms with Crippen molar-refractivity contribution in [1.29, 1.82) is 0 Å². The number of nitrogens with one attached hydrogen (secondary N) is 1. The fourth-order valence-electron chi connectivity index (χ4n) is 2.50. The summed E-state index contributed by atoms with van der Waals surface area (Å²) >= 11 is 1.59. The molecule has 1 heterocycles. The van der Waals surface area contributed by atoms with Crippen molar-refractivity contribution in [1.82, 2.24) is 5.32 Å². The van der Waals surface area contributed by atoms with E-state index in [9.17, 15) is 9.59 Å². The number of rotatable bonds is 4. The number of hydrogen-bond acceptors (Lipinski definition) is 3. The van der Waals surface area contributed by atoms with Gasteiger partial charge in [0.1, 0.15) is 0 Å². The largest absolute Gasteiger partial charge is 0.481 e. The van der Waals surface area contributed by atoms with Gasteiger partial charge in [-0.25, -0.2) is 0 Å². The molecule has 2 unspecified atom stereocenters. The molecule has 1 fully saturated rings. The molecule has 2 N–H and O–H groups in total. The maximum Gasteiger partial charge on any atom is 0.307 e. The lowest BCUT2D eigenvalue weighted by Gasteiger charge is -2.19. The summed E-state index contributed by atoms with van der Waals surface area (Å²) in [4.78, 5) is 24.2. The third kappa shape index (κ3) is 2.72. The monoisotopic (exact) mass is 267 g/mol. The van der Waals surface area contributed by atoms with Crippen LogP contribution >= 0.6 is 11.3 Å². The van der Waals surface area contributed by atoms with Crippen LogP contribution in [0.15, 0.2) is 17.5 Å². The topological polar surface area (TPSA) is 66.4 Å². The summed E-state index contributed by atoms with van der Waals surface area (Å²) in [6, 6.07) is 3.87. The molecule has 1 aliphatic rings. The summed E-state index contributed by atoms with van der Waals surface area (Å²) in [6.45, 7) is 1.93. The van der Waals surface area contributed by atoms with E-state index in [-0.39, 0.29) is 17.9 Å². The molecule has 1 amide bonds. The Morgan fingerprint density at radius 2 is 2.17 bits per heavy atom. The molecule has 0 aromatic carbocycles. The molecule has 5 heteroatoms. The highest BCUT2D eigenvalue weighted by molar-refractivity contribution is 7.10. The highest BCUT2D eigenvalue weighted by Crippen LogP contribution is 2.32. The van der Waals surface area contributed by atoms with Crippen molar-refractivity contribution in [2.24, 2.45) is 11.8 Å². The lowest BCUT2D eigenvalue weighted by molar-refractivity contribution is -0.146. The predicted octanol–water partition coefficient (Wildman–Crippen LogP) is 2.43. The van der Waals surface area contributed by atoms with E-state index in [0.29, 0.717) is 12.8 Å². The Hall–Kier alpha value is -1.36. The number of amides is 1. The van der Waals surface area contributed by atoms with Crippen molar-refractivity contribution in [2.45, 2.75) is 32.2 Å². The molecular weight excluding hydrogens is 250 g/mol. The Morgan fingerprint density at radius 3 is 2.78 bits per heavy atom. The van der Waals surface area contributed by atoms with E-state index in [0.717, 1.165) is 11.3 Å². The SMILES string of the molecule is C[C@H](NC(=O)C1CCCC1C(=O)O)c1cccs1. The van der Waals surface area contributed by atoms with Crippen LogP contribution in [0, 0.1) is 11.8 Å². The molecular formula is C13H17NO3S. The van der Waals surface area contributed by atoms with Gasteiger partial charge in [0.25, 0.3) is 0 Å². The smallest absolute Gasteiger partial charge is 0.307 e. The molecule has 0 saturated heterocycles. The van der Waals surface area contributed by atoms with Crippen LogP contribution in [0.3, 0.4) is 0 Å². The number of carbonyl (C=O) groups excluding carboxylic acids is 1. The Balaban J connectivity index is 1.97. The Labute approximate surface area is 110 Å². The van der Waals surface area contributed by atoms with Crippen LogP contribution in [0.4, 0.5) is 0 Å². The molecule has 0 aliphatic heterocycles. The van der Waals surface area contributed by atoms with Crippen molar-refractivity contribution in [2.75, 3.05) is 0 Å². The molecule has 1 aliphatic carbocycles. The van der Waals surface area contributed by atoms with Crippen LogP contribution in [0.5, 0.6) is 0 Å². The average Bonchev–Trinajstić information content (AvgIpc) is 3.00. The third-order valence-corrected chi connectivity index (χ3v) is 4.55. The van der Waals surface area contributed by atoms with Crippen molar-refractivity contribution in [3.05, 3.63) is 22.4 Å². The number of thiophene rings is 1. The molecule has 2 rings (SSSR count). The normalized spacial score (nSPS) is 24.7. The van der Waals surface area contributed by atoms with Crippen molar-refractivity contribution in [3.8, 4) is 0 Å². The number of carbonyl (C=O) groups is 2.